The average molecular weight is 367 g/mol. The molecule has 7 heteroatoms. The Kier molecular flexibility index (Phi) is 4.41. The Morgan fingerprint density at radius 3 is 2.85 bits per heavy atom. The lowest BCUT2D eigenvalue weighted by Gasteiger charge is -2.11. The number of ether oxygens (including phenoxy) is 2. The van der Waals surface area contributed by atoms with Gasteiger partial charge in [-0.25, -0.2) is 9.97 Å². The van der Waals surface area contributed by atoms with Crippen molar-refractivity contribution < 1.29 is 9.47 Å². The van der Waals surface area contributed by atoms with Crippen LogP contribution in [0.1, 0.15) is 50.2 Å². The molecule has 1 unspecified atom stereocenters. The van der Waals surface area contributed by atoms with E-state index in [1.54, 1.807) is 0 Å². The minimum atomic E-state index is 0.212. The summed E-state index contributed by atoms with van der Waals surface area (Å²) in [4.78, 5) is 9.63. The Labute approximate surface area is 158 Å². The third-order valence-electron chi connectivity index (χ3n) is 5.33. The van der Waals surface area contributed by atoms with Gasteiger partial charge in [0.2, 0.25) is 5.95 Å². The molecule has 1 atom stereocenters. The third-order valence-corrected chi connectivity index (χ3v) is 5.33. The fourth-order valence-electron chi connectivity index (χ4n) is 3.72. The van der Waals surface area contributed by atoms with Crippen LogP contribution >= 0.6 is 0 Å². The molecule has 3 aromatic rings. The van der Waals surface area contributed by atoms with Crippen LogP contribution in [-0.4, -0.2) is 43.6 Å². The van der Waals surface area contributed by atoms with Crippen molar-refractivity contribution in [2.24, 2.45) is 0 Å². The SMILES string of the molecule is CCn1c(-n2nc(C3CC3)nc2COCC2CCCO2)nc2ccccc21. The maximum atomic E-state index is 5.94. The van der Waals surface area contributed by atoms with Gasteiger partial charge < -0.3 is 14.0 Å². The van der Waals surface area contributed by atoms with Gasteiger partial charge in [0, 0.05) is 19.1 Å². The van der Waals surface area contributed by atoms with E-state index in [9.17, 15) is 0 Å². The van der Waals surface area contributed by atoms with Gasteiger partial charge in [0.25, 0.3) is 0 Å². The number of hydrogen-bond acceptors (Lipinski definition) is 5. The van der Waals surface area contributed by atoms with Gasteiger partial charge in [0.15, 0.2) is 11.6 Å². The Bertz CT molecular complexity index is 937. The molecular formula is C20H25N5O2. The van der Waals surface area contributed by atoms with Crippen LogP contribution in [0.25, 0.3) is 17.0 Å². The van der Waals surface area contributed by atoms with Crippen molar-refractivity contribution in [1.29, 1.82) is 0 Å². The van der Waals surface area contributed by atoms with Crippen molar-refractivity contribution in [2.75, 3.05) is 13.2 Å². The predicted octanol–water partition coefficient (Wildman–Crippen LogP) is 3.21. The normalized spacial score (nSPS) is 20.0. The number of benzene rings is 1. The highest BCUT2D eigenvalue weighted by Gasteiger charge is 2.30. The number of hydrogen-bond donors (Lipinski definition) is 0. The Morgan fingerprint density at radius 2 is 2.07 bits per heavy atom. The van der Waals surface area contributed by atoms with Gasteiger partial charge in [0.1, 0.15) is 6.61 Å². The molecule has 0 radical (unpaired) electrons. The average Bonchev–Trinajstić information content (AvgIpc) is 3.11. The fourth-order valence-corrected chi connectivity index (χ4v) is 3.72. The molecule has 2 aromatic heterocycles. The topological polar surface area (TPSA) is 67.0 Å². The van der Waals surface area contributed by atoms with E-state index in [0.29, 0.717) is 19.1 Å². The van der Waals surface area contributed by atoms with Crippen molar-refractivity contribution in [3.05, 3.63) is 35.9 Å². The number of aryl methyl sites for hydroxylation is 1. The number of nitrogens with zero attached hydrogens (tertiary/aromatic N) is 5. The molecule has 2 fully saturated rings. The van der Waals surface area contributed by atoms with Crippen molar-refractivity contribution in [2.45, 2.75) is 57.8 Å². The van der Waals surface area contributed by atoms with Crippen LogP contribution in [0.5, 0.6) is 0 Å². The smallest absolute Gasteiger partial charge is 0.233 e. The first-order valence-corrected chi connectivity index (χ1v) is 9.94. The number of aromatic nitrogens is 5. The summed E-state index contributed by atoms with van der Waals surface area (Å²) in [5, 5.41) is 4.81. The van der Waals surface area contributed by atoms with Crippen LogP contribution in [0.4, 0.5) is 0 Å². The summed E-state index contributed by atoms with van der Waals surface area (Å²) < 4.78 is 15.7. The molecule has 1 saturated heterocycles. The minimum Gasteiger partial charge on any atom is -0.376 e. The lowest BCUT2D eigenvalue weighted by molar-refractivity contribution is 0.00810. The summed E-state index contributed by atoms with van der Waals surface area (Å²) in [6.07, 6.45) is 4.75. The Morgan fingerprint density at radius 1 is 1.19 bits per heavy atom. The van der Waals surface area contributed by atoms with Crippen LogP contribution in [0.2, 0.25) is 0 Å². The summed E-state index contributed by atoms with van der Waals surface area (Å²) in [5.74, 6) is 3.04. The van der Waals surface area contributed by atoms with E-state index >= 15 is 0 Å². The monoisotopic (exact) mass is 367 g/mol. The molecule has 3 heterocycles. The van der Waals surface area contributed by atoms with Gasteiger partial charge in [-0.15, -0.1) is 5.10 Å². The fraction of sp³-hybridized carbons (Fsp3) is 0.550. The zero-order chi connectivity index (χ0) is 18.2. The summed E-state index contributed by atoms with van der Waals surface area (Å²) in [6.45, 7) is 4.83. The van der Waals surface area contributed by atoms with E-state index in [2.05, 4.69) is 17.6 Å². The number of imidazole rings is 1. The summed E-state index contributed by atoms with van der Waals surface area (Å²) >= 11 is 0. The van der Waals surface area contributed by atoms with Crippen molar-refractivity contribution in [3.8, 4) is 5.95 Å². The molecule has 1 saturated carbocycles. The van der Waals surface area contributed by atoms with Crippen LogP contribution in [-0.2, 0) is 22.6 Å². The molecule has 1 aliphatic carbocycles. The van der Waals surface area contributed by atoms with Gasteiger partial charge in [-0.05, 0) is 44.7 Å². The third kappa shape index (κ3) is 3.26. The summed E-state index contributed by atoms with van der Waals surface area (Å²) in [7, 11) is 0. The molecular weight excluding hydrogens is 342 g/mol. The molecule has 2 aliphatic rings. The first-order chi connectivity index (χ1) is 13.3. The molecule has 5 rings (SSSR count). The van der Waals surface area contributed by atoms with Crippen LogP contribution in [0, 0.1) is 0 Å². The molecule has 0 bridgehead atoms. The van der Waals surface area contributed by atoms with Crippen LogP contribution < -0.4 is 0 Å². The summed E-state index contributed by atoms with van der Waals surface area (Å²) in [6, 6.07) is 8.20. The maximum absolute atomic E-state index is 5.94. The van der Waals surface area contributed by atoms with E-state index in [0.717, 1.165) is 54.6 Å². The van der Waals surface area contributed by atoms with Crippen molar-refractivity contribution in [1.82, 2.24) is 24.3 Å². The first-order valence-electron chi connectivity index (χ1n) is 9.94. The quantitative estimate of drug-likeness (QED) is 0.641. The predicted molar refractivity (Wildman–Crippen MR) is 101 cm³/mol. The number of para-hydroxylation sites is 2. The largest absolute Gasteiger partial charge is 0.376 e. The molecule has 0 amide bonds. The van der Waals surface area contributed by atoms with Crippen LogP contribution in [0.3, 0.4) is 0 Å². The van der Waals surface area contributed by atoms with Gasteiger partial charge in [-0.3, -0.25) is 0 Å². The van der Waals surface area contributed by atoms with E-state index in [4.69, 9.17) is 24.5 Å². The standard InChI is InChI=1S/C20H25N5O2/c1-2-24-17-8-4-3-7-16(17)21-20(24)25-18(22-19(23-25)14-9-10-14)13-26-12-15-6-5-11-27-15/h3-4,7-8,14-15H,2,5-6,9-13H2,1H3. The zero-order valence-electron chi connectivity index (χ0n) is 15.7. The van der Waals surface area contributed by atoms with Crippen molar-refractivity contribution in [3.63, 3.8) is 0 Å². The first kappa shape index (κ1) is 16.9. The van der Waals surface area contributed by atoms with Gasteiger partial charge in [-0.1, -0.05) is 12.1 Å². The van der Waals surface area contributed by atoms with Crippen LogP contribution in [0.15, 0.2) is 24.3 Å². The molecule has 0 spiro atoms. The second-order valence-corrected chi connectivity index (χ2v) is 7.37. The number of fused-ring (bicyclic) bond motifs is 1. The van der Waals surface area contributed by atoms with Gasteiger partial charge in [-0.2, -0.15) is 4.68 Å². The van der Waals surface area contributed by atoms with E-state index in [1.165, 1.54) is 12.8 Å². The van der Waals surface area contributed by atoms with Gasteiger partial charge in [0.05, 0.1) is 23.7 Å². The van der Waals surface area contributed by atoms with Gasteiger partial charge >= 0.3 is 0 Å². The Balaban J connectivity index is 1.47. The summed E-state index contributed by atoms with van der Waals surface area (Å²) in [5.41, 5.74) is 2.09. The van der Waals surface area contributed by atoms with E-state index < -0.39 is 0 Å². The lowest BCUT2D eigenvalue weighted by atomic mass is 10.2. The molecule has 27 heavy (non-hydrogen) atoms. The molecule has 1 aliphatic heterocycles. The second kappa shape index (κ2) is 7.05. The zero-order valence-corrected chi connectivity index (χ0v) is 15.7. The minimum absolute atomic E-state index is 0.212. The van der Waals surface area contributed by atoms with E-state index in [-0.39, 0.29) is 6.10 Å². The highest BCUT2D eigenvalue weighted by molar-refractivity contribution is 5.77. The molecule has 1 aromatic carbocycles. The molecule has 142 valence electrons. The highest BCUT2D eigenvalue weighted by atomic mass is 16.5. The second-order valence-electron chi connectivity index (χ2n) is 7.37. The lowest BCUT2D eigenvalue weighted by Crippen LogP contribution is -2.16. The molecule has 0 N–H and O–H groups in total. The maximum Gasteiger partial charge on any atom is 0.233 e. The number of rotatable bonds is 7. The highest BCUT2D eigenvalue weighted by Crippen LogP contribution is 2.38. The molecule has 7 nitrogen and oxygen atoms in total. The Hall–Kier alpha value is -2.25. The van der Waals surface area contributed by atoms with Crippen molar-refractivity contribution >= 4 is 11.0 Å². The van der Waals surface area contributed by atoms with E-state index in [1.807, 2.05) is 22.9 Å².